The van der Waals surface area contributed by atoms with Crippen molar-refractivity contribution in [3.05, 3.63) is 40.8 Å². The molecule has 1 aromatic heterocycles. The van der Waals surface area contributed by atoms with Crippen LogP contribution >= 0.6 is 0 Å². The number of rotatable bonds is 5. The van der Waals surface area contributed by atoms with Crippen molar-refractivity contribution in [3.63, 3.8) is 0 Å². The molecular weight excluding hydrogens is 308 g/mol. The summed E-state index contributed by atoms with van der Waals surface area (Å²) in [6.45, 7) is 3.58. The number of anilines is 1. The SMILES string of the molecule is CCc1onc(C)c1NC(=O)NCCc1c(F)cc(O)cc1F. The van der Waals surface area contributed by atoms with Gasteiger partial charge in [-0.05, 0) is 13.3 Å². The average Bonchev–Trinajstić information content (AvgIpc) is 2.82. The van der Waals surface area contributed by atoms with Gasteiger partial charge < -0.3 is 20.3 Å². The molecule has 1 heterocycles. The van der Waals surface area contributed by atoms with Gasteiger partial charge in [0.05, 0.1) is 0 Å². The lowest BCUT2D eigenvalue weighted by Crippen LogP contribution is -2.31. The van der Waals surface area contributed by atoms with Crippen LogP contribution in [0.2, 0.25) is 0 Å². The summed E-state index contributed by atoms with van der Waals surface area (Å²) in [7, 11) is 0. The van der Waals surface area contributed by atoms with Crippen LogP contribution in [0.3, 0.4) is 0 Å². The molecule has 1 aromatic carbocycles. The summed E-state index contributed by atoms with van der Waals surface area (Å²) in [5, 5.41) is 17.9. The Morgan fingerprint density at radius 2 is 2.00 bits per heavy atom. The molecule has 0 radical (unpaired) electrons. The Bertz CT molecular complexity index is 693. The van der Waals surface area contributed by atoms with E-state index in [1.165, 1.54) is 0 Å². The van der Waals surface area contributed by atoms with Gasteiger partial charge in [0.1, 0.15) is 28.8 Å². The van der Waals surface area contributed by atoms with E-state index in [4.69, 9.17) is 9.63 Å². The van der Waals surface area contributed by atoms with Crippen LogP contribution < -0.4 is 10.6 Å². The summed E-state index contributed by atoms with van der Waals surface area (Å²) in [5.74, 6) is -1.64. The second-order valence-electron chi connectivity index (χ2n) is 4.94. The van der Waals surface area contributed by atoms with E-state index in [1.807, 2.05) is 6.92 Å². The summed E-state index contributed by atoms with van der Waals surface area (Å²) in [6, 6.07) is 1.13. The number of amides is 2. The fraction of sp³-hybridized carbons (Fsp3) is 0.333. The number of nitrogens with zero attached hydrogens (tertiary/aromatic N) is 1. The minimum Gasteiger partial charge on any atom is -0.508 e. The highest BCUT2D eigenvalue weighted by Gasteiger charge is 2.15. The highest BCUT2D eigenvalue weighted by atomic mass is 19.1. The Hall–Kier alpha value is -2.64. The molecule has 3 N–H and O–H groups in total. The number of phenols is 1. The van der Waals surface area contributed by atoms with E-state index >= 15 is 0 Å². The molecule has 6 nitrogen and oxygen atoms in total. The number of aromatic nitrogens is 1. The lowest BCUT2D eigenvalue weighted by Gasteiger charge is -2.09. The Labute approximate surface area is 131 Å². The molecule has 0 bridgehead atoms. The van der Waals surface area contributed by atoms with Crippen LogP contribution in [0.1, 0.15) is 23.9 Å². The first-order chi connectivity index (χ1) is 10.9. The largest absolute Gasteiger partial charge is 0.508 e. The van der Waals surface area contributed by atoms with E-state index in [9.17, 15) is 13.6 Å². The third-order valence-corrected chi connectivity index (χ3v) is 3.28. The number of aryl methyl sites for hydroxylation is 2. The number of aromatic hydroxyl groups is 1. The predicted octanol–water partition coefficient (Wildman–Crippen LogP) is 2.89. The number of carbonyl (C=O) groups is 1. The third-order valence-electron chi connectivity index (χ3n) is 3.28. The van der Waals surface area contributed by atoms with Crippen molar-refractivity contribution in [2.24, 2.45) is 0 Å². The van der Waals surface area contributed by atoms with Crippen LogP contribution in [0, 0.1) is 18.6 Å². The van der Waals surface area contributed by atoms with E-state index < -0.39 is 23.4 Å². The van der Waals surface area contributed by atoms with Gasteiger partial charge in [0.25, 0.3) is 0 Å². The number of halogens is 2. The minimum absolute atomic E-state index is 0.0240. The monoisotopic (exact) mass is 325 g/mol. The number of urea groups is 1. The van der Waals surface area contributed by atoms with E-state index in [0.29, 0.717) is 23.6 Å². The Balaban J connectivity index is 1.92. The maximum absolute atomic E-state index is 13.5. The van der Waals surface area contributed by atoms with Crippen LogP contribution in [0.15, 0.2) is 16.7 Å². The summed E-state index contributed by atoms with van der Waals surface area (Å²) in [5.41, 5.74) is 0.845. The van der Waals surface area contributed by atoms with E-state index in [0.717, 1.165) is 12.1 Å². The summed E-state index contributed by atoms with van der Waals surface area (Å²) >= 11 is 0. The molecule has 124 valence electrons. The van der Waals surface area contributed by atoms with Gasteiger partial charge in [-0.1, -0.05) is 12.1 Å². The number of hydrogen-bond donors (Lipinski definition) is 3. The number of nitrogens with one attached hydrogen (secondary N) is 2. The first-order valence-corrected chi connectivity index (χ1v) is 7.09. The van der Waals surface area contributed by atoms with Crippen LogP contribution in [-0.4, -0.2) is 22.8 Å². The molecule has 0 unspecified atom stereocenters. The van der Waals surface area contributed by atoms with Crippen LogP contribution in [-0.2, 0) is 12.8 Å². The Morgan fingerprint density at radius 1 is 1.35 bits per heavy atom. The second kappa shape index (κ2) is 7.08. The molecule has 0 aliphatic carbocycles. The Morgan fingerprint density at radius 3 is 2.61 bits per heavy atom. The molecular formula is C15H17F2N3O3. The molecule has 0 saturated heterocycles. The zero-order valence-corrected chi connectivity index (χ0v) is 12.7. The number of carbonyl (C=O) groups excluding carboxylic acids is 1. The van der Waals surface area contributed by atoms with E-state index in [-0.39, 0.29) is 18.5 Å². The van der Waals surface area contributed by atoms with Gasteiger partial charge >= 0.3 is 6.03 Å². The zero-order chi connectivity index (χ0) is 17.0. The van der Waals surface area contributed by atoms with Crippen molar-refractivity contribution in [1.82, 2.24) is 10.5 Å². The molecule has 0 spiro atoms. The summed E-state index contributed by atoms with van der Waals surface area (Å²) < 4.78 is 32.1. The fourth-order valence-corrected chi connectivity index (χ4v) is 2.11. The Kier molecular flexibility index (Phi) is 5.15. The van der Waals surface area contributed by atoms with Gasteiger partial charge in [0.15, 0.2) is 5.76 Å². The molecule has 0 saturated carbocycles. The van der Waals surface area contributed by atoms with Gasteiger partial charge in [0, 0.05) is 30.7 Å². The fourth-order valence-electron chi connectivity index (χ4n) is 2.11. The van der Waals surface area contributed by atoms with Crippen LogP contribution in [0.25, 0.3) is 0 Å². The highest BCUT2D eigenvalue weighted by Crippen LogP contribution is 2.21. The van der Waals surface area contributed by atoms with Gasteiger partial charge in [-0.2, -0.15) is 0 Å². The van der Waals surface area contributed by atoms with Crippen molar-refractivity contribution < 1.29 is 23.2 Å². The molecule has 2 rings (SSSR count). The van der Waals surface area contributed by atoms with Crippen molar-refractivity contribution in [1.29, 1.82) is 0 Å². The standard InChI is InChI=1S/C15H17F2N3O3/c1-3-13-14(8(2)20-23-13)19-15(22)18-5-4-10-11(16)6-9(21)7-12(10)17/h6-7,21H,3-5H2,1-2H3,(H2,18,19,22). The molecule has 0 fully saturated rings. The van der Waals surface area contributed by atoms with E-state index in [1.54, 1.807) is 6.92 Å². The first kappa shape index (κ1) is 16.7. The van der Waals surface area contributed by atoms with E-state index in [2.05, 4.69) is 15.8 Å². The molecule has 2 amide bonds. The van der Waals surface area contributed by atoms with Crippen molar-refractivity contribution >= 4 is 11.7 Å². The van der Waals surface area contributed by atoms with Gasteiger partial charge in [-0.15, -0.1) is 0 Å². The first-order valence-electron chi connectivity index (χ1n) is 7.09. The van der Waals surface area contributed by atoms with Crippen molar-refractivity contribution in [3.8, 4) is 5.75 Å². The molecule has 0 aliphatic rings. The van der Waals surface area contributed by atoms with Crippen LogP contribution in [0.4, 0.5) is 19.3 Å². The minimum atomic E-state index is -0.854. The second-order valence-corrected chi connectivity index (χ2v) is 4.94. The van der Waals surface area contributed by atoms with Gasteiger partial charge in [-0.25, -0.2) is 13.6 Å². The molecule has 0 aliphatic heterocycles. The quantitative estimate of drug-likeness (QED) is 0.789. The lowest BCUT2D eigenvalue weighted by molar-refractivity contribution is 0.252. The van der Waals surface area contributed by atoms with Crippen LogP contribution in [0.5, 0.6) is 5.75 Å². The maximum atomic E-state index is 13.5. The maximum Gasteiger partial charge on any atom is 0.319 e. The lowest BCUT2D eigenvalue weighted by atomic mass is 10.1. The normalized spacial score (nSPS) is 10.6. The molecule has 0 atom stereocenters. The number of phenolic OH excluding ortho intramolecular Hbond substituents is 1. The average molecular weight is 325 g/mol. The smallest absolute Gasteiger partial charge is 0.319 e. The predicted molar refractivity (Wildman–Crippen MR) is 79.4 cm³/mol. The van der Waals surface area contributed by atoms with Gasteiger partial charge in [0.2, 0.25) is 0 Å². The summed E-state index contributed by atoms with van der Waals surface area (Å²) in [4.78, 5) is 11.8. The summed E-state index contributed by atoms with van der Waals surface area (Å²) in [6.07, 6.45) is 0.523. The molecule has 8 heteroatoms. The number of hydrogen-bond acceptors (Lipinski definition) is 4. The van der Waals surface area contributed by atoms with Crippen molar-refractivity contribution in [2.45, 2.75) is 26.7 Å². The highest BCUT2D eigenvalue weighted by molar-refractivity contribution is 5.90. The molecule has 23 heavy (non-hydrogen) atoms. The van der Waals surface area contributed by atoms with Crippen molar-refractivity contribution in [2.75, 3.05) is 11.9 Å². The third kappa shape index (κ3) is 3.97. The van der Waals surface area contributed by atoms with Gasteiger partial charge in [-0.3, -0.25) is 0 Å². The molecule has 2 aromatic rings. The number of benzene rings is 1. The topological polar surface area (TPSA) is 87.4 Å². The zero-order valence-electron chi connectivity index (χ0n) is 12.7.